The molecule has 0 aromatic heterocycles. The molecular formula is C17H24N2O3S. The van der Waals surface area contributed by atoms with Gasteiger partial charge in [-0.05, 0) is 45.0 Å². The average molecular weight is 336 g/mol. The second-order valence-electron chi connectivity index (χ2n) is 6.54. The quantitative estimate of drug-likeness (QED) is 0.775. The topological polar surface area (TPSA) is 49.9 Å². The molecule has 0 saturated carbocycles. The van der Waals surface area contributed by atoms with Crippen LogP contribution in [0.1, 0.15) is 27.7 Å². The Morgan fingerprint density at radius 2 is 1.61 bits per heavy atom. The van der Waals surface area contributed by atoms with Gasteiger partial charge < -0.3 is 14.5 Å². The number of hydrogen-bond donors (Lipinski definition) is 0. The number of benzene rings is 1. The van der Waals surface area contributed by atoms with Gasteiger partial charge in [-0.1, -0.05) is 11.8 Å². The standard InChI is InChI=1S/C17H24N2O3S/c1-13(20)23-15-7-5-14(6-8-15)18-9-11-19(12-10-18)16(21)22-17(2,3)4/h5-8H,9-12H2,1-4H3. The summed E-state index contributed by atoms with van der Waals surface area (Å²) in [5, 5.41) is 0.0868. The van der Waals surface area contributed by atoms with Crippen LogP contribution in [0, 0.1) is 0 Å². The lowest BCUT2D eigenvalue weighted by atomic mass is 10.2. The molecule has 1 fully saturated rings. The highest BCUT2D eigenvalue weighted by Gasteiger charge is 2.25. The summed E-state index contributed by atoms with van der Waals surface area (Å²) < 4.78 is 5.40. The van der Waals surface area contributed by atoms with Crippen molar-refractivity contribution in [3.05, 3.63) is 24.3 Å². The molecule has 0 bridgehead atoms. The van der Waals surface area contributed by atoms with Gasteiger partial charge in [-0.2, -0.15) is 0 Å². The molecule has 1 heterocycles. The zero-order chi connectivity index (χ0) is 17.0. The van der Waals surface area contributed by atoms with Gasteiger partial charge in [0.2, 0.25) is 0 Å². The highest BCUT2D eigenvalue weighted by Crippen LogP contribution is 2.24. The van der Waals surface area contributed by atoms with E-state index in [1.54, 1.807) is 11.8 Å². The lowest BCUT2D eigenvalue weighted by Gasteiger charge is -2.36. The zero-order valence-electron chi connectivity index (χ0n) is 14.2. The number of rotatable bonds is 2. The van der Waals surface area contributed by atoms with Crippen molar-refractivity contribution in [2.24, 2.45) is 0 Å². The van der Waals surface area contributed by atoms with E-state index in [1.807, 2.05) is 45.0 Å². The summed E-state index contributed by atoms with van der Waals surface area (Å²) in [6.07, 6.45) is -0.245. The Balaban J connectivity index is 1.89. The van der Waals surface area contributed by atoms with E-state index in [0.717, 1.165) is 23.7 Å². The number of anilines is 1. The van der Waals surface area contributed by atoms with Crippen molar-refractivity contribution in [2.75, 3.05) is 31.1 Å². The molecule has 0 radical (unpaired) electrons. The fourth-order valence-corrected chi connectivity index (χ4v) is 2.97. The molecule has 1 aromatic carbocycles. The van der Waals surface area contributed by atoms with Crippen molar-refractivity contribution in [3.63, 3.8) is 0 Å². The molecule has 1 aromatic rings. The van der Waals surface area contributed by atoms with E-state index >= 15 is 0 Å². The molecule has 23 heavy (non-hydrogen) atoms. The molecule has 1 aliphatic rings. The number of hydrogen-bond acceptors (Lipinski definition) is 5. The van der Waals surface area contributed by atoms with Crippen LogP contribution in [0.5, 0.6) is 0 Å². The minimum absolute atomic E-state index is 0.0868. The molecule has 1 saturated heterocycles. The normalized spacial score (nSPS) is 15.5. The van der Waals surface area contributed by atoms with E-state index in [9.17, 15) is 9.59 Å². The van der Waals surface area contributed by atoms with Crippen LogP contribution in [0.4, 0.5) is 10.5 Å². The highest BCUT2D eigenvalue weighted by molar-refractivity contribution is 8.13. The summed E-state index contributed by atoms with van der Waals surface area (Å²) in [5.74, 6) is 0. The summed E-state index contributed by atoms with van der Waals surface area (Å²) in [6.45, 7) is 10.0. The van der Waals surface area contributed by atoms with Gasteiger partial charge in [0.25, 0.3) is 0 Å². The highest BCUT2D eigenvalue weighted by atomic mass is 32.2. The Morgan fingerprint density at radius 3 is 2.09 bits per heavy atom. The molecule has 126 valence electrons. The van der Waals surface area contributed by atoms with E-state index in [4.69, 9.17) is 4.74 Å². The molecule has 1 amide bonds. The van der Waals surface area contributed by atoms with Gasteiger partial charge in [-0.15, -0.1) is 0 Å². The van der Waals surface area contributed by atoms with E-state index in [0.29, 0.717) is 13.1 Å². The Kier molecular flexibility index (Phi) is 5.57. The summed E-state index contributed by atoms with van der Waals surface area (Å²) in [7, 11) is 0. The number of carbonyl (C=O) groups is 2. The van der Waals surface area contributed by atoms with Crippen LogP contribution in [-0.4, -0.2) is 47.9 Å². The van der Waals surface area contributed by atoms with E-state index in [1.165, 1.54) is 11.8 Å². The number of thioether (sulfide) groups is 1. The number of amides is 1. The van der Waals surface area contributed by atoms with Gasteiger partial charge in [0, 0.05) is 43.7 Å². The Labute approximate surface area is 142 Å². The van der Waals surface area contributed by atoms with Gasteiger partial charge in [-0.25, -0.2) is 4.79 Å². The molecule has 0 spiro atoms. The number of carbonyl (C=O) groups excluding carboxylic acids is 2. The summed E-state index contributed by atoms with van der Waals surface area (Å²) in [4.78, 5) is 28.1. The van der Waals surface area contributed by atoms with Gasteiger partial charge in [0.15, 0.2) is 5.12 Å². The van der Waals surface area contributed by atoms with E-state index < -0.39 is 5.60 Å². The van der Waals surface area contributed by atoms with Gasteiger partial charge in [-0.3, -0.25) is 4.79 Å². The van der Waals surface area contributed by atoms with Crippen LogP contribution in [-0.2, 0) is 9.53 Å². The molecule has 0 N–H and O–H groups in total. The first-order valence-corrected chi connectivity index (χ1v) is 8.57. The second-order valence-corrected chi connectivity index (χ2v) is 7.79. The van der Waals surface area contributed by atoms with Crippen LogP contribution in [0.2, 0.25) is 0 Å². The largest absolute Gasteiger partial charge is 0.444 e. The predicted molar refractivity (Wildman–Crippen MR) is 93.0 cm³/mol. The number of piperazine rings is 1. The number of ether oxygens (including phenoxy) is 1. The first-order valence-electron chi connectivity index (χ1n) is 7.76. The van der Waals surface area contributed by atoms with E-state index in [2.05, 4.69) is 4.90 Å². The maximum Gasteiger partial charge on any atom is 0.410 e. The molecular weight excluding hydrogens is 312 g/mol. The number of nitrogens with zero attached hydrogens (tertiary/aromatic N) is 2. The van der Waals surface area contributed by atoms with Crippen molar-refractivity contribution in [3.8, 4) is 0 Å². The molecule has 1 aliphatic heterocycles. The molecule has 6 heteroatoms. The van der Waals surface area contributed by atoms with Crippen LogP contribution >= 0.6 is 11.8 Å². The average Bonchev–Trinajstić information content (AvgIpc) is 2.46. The van der Waals surface area contributed by atoms with Crippen molar-refractivity contribution in [1.29, 1.82) is 0 Å². The van der Waals surface area contributed by atoms with Gasteiger partial charge in [0.1, 0.15) is 5.60 Å². The summed E-state index contributed by atoms with van der Waals surface area (Å²) >= 11 is 1.24. The van der Waals surface area contributed by atoms with E-state index in [-0.39, 0.29) is 11.2 Å². The summed E-state index contributed by atoms with van der Waals surface area (Å²) in [6, 6.07) is 7.96. The van der Waals surface area contributed by atoms with Crippen molar-refractivity contribution in [2.45, 2.75) is 38.2 Å². The Morgan fingerprint density at radius 1 is 1.04 bits per heavy atom. The fraction of sp³-hybridized carbons (Fsp3) is 0.529. The Bertz CT molecular complexity index is 558. The second kappa shape index (κ2) is 7.25. The van der Waals surface area contributed by atoms with Crippen LogP contribution in [0.25, 0.3) is 0 Å². The molecule has 0 atom stereocenters. The van der Waals surface area contributed by atoms with Crippen molar-refractivity contribution < 1.29 is 14.3 Å². The maximum absolute atomic E-state index is 12.1. The Hall–Kier alpha value is -1.69. The maximum atomic E-state index is 12.1. The predicted octanol–water partition coefficient (Wildman–Crippen LogP) is 3.38. The first-order chi connectivity index (χ1) is 10.7. The van der Waals surface area contributed by atoms with Crippen molar-refractivity contribution in [1.82, 2.24) is 4.90 Å². The first kappa shape index (κ1) is 17.7. The monoisotopic (exact) mass is 336 g/mol. The molecule has 0 unspecified atom stereocenters. The van der Waals surface area contributed by atoms with Crippen LogP contribution in [0.15, 0.2) is 29.2 Å². The lowest BCUT2D eigenvalue weighted by molar-refractivity contribution is -0.109. The third-order valence-corrected chi connectivity index (χ3v) is 4.19. The SMILES string of the molecule is CC(=O)Sc1ccc(N2CCN(C(=O)OC(C)(C)C)CC2)cc1. The third-order valence-electron chi connectivity index (χ3n) is 3.39. The molecule has 0 aliphatic carbocycles. The lowest BCUT2D eigenvalue weighted by Crippen LogP contribution is -2.50. The van der Waals surface area contributed by atoms with Gasteiger partial charge in [0.05, 0.1) is 0 Å². The minimum atomic E-state index is -0.460. The van der Waals surface area contributed by atoms with Crippen molar-refractivity contribution >= 4 is 28.7 Å². The van der Waals surface area contributed by atoms with Crippen LogP contribution in [0.3, 0.4) is 0 Å². The zero-order valence-corrected chi connectivity index (χ0v) is 15.0. The molecule has 2 rings (SSSR count). The molecule has 5 nitrogen and oxygen atoms in total. The van der Waals surface area contributed by atoms with Gasteiger partial charge >= 0.3 is 6.09 Å². The smallest absolute Gasteiger partial charge is 0.410 e. The fourth-order valence-electron chi connectivity index (χ4n) is 2.36. The minimum Gasteiger partial charge on any atom is -0.444 e. The third kappa shape index (κ3) is 5.46. The van der Waals surface area contributed by atoms with Crippen LogP contribution < -0.4 is 4.90 Å². The summed E-state index contributed by atoms with van der Waals surface area (Å²) in [5.41, 5.74) is 0.653.